The molecule has 6 nitrogen and oxygen atoms in total. The van der Waals surface area contributed by atoms with Gasteiger partial charge in [0, 0.05) is 24.2 Å². The molecule has 2 aliphatic heterocycles. The summed E-state index contributed by atoms with van der Waals surface area (Å²) < 4.78 is 12.1. The minimum Gasteiger partial charge on any atom is -0.482 e. The first-order chi connectivity index (χ1) is 16.3. The maximum Gasteiger partial charge on any atom is 0.336 e. The lowest BCUT2D eigenvalue weighted by Gasteiger charge is -2.64. The highest BCUT2D eigenvalue weighted by atomic mass is 16.6. The summed E-state index contributed by atoms with van der Waals surface area (Å²) >= 11 is 0. The van der Waals surface area contributed by atoms with Gasteiger partial charge in [0.1, 0.15) is 6.10 Å². The van der Waals surface area contributed by atoms with Crippen LogP contribution in [-0.2, 0) is 16.6 Å². The highest BCUT2D eigenvalue weighted by Crippen LogP contribution is 2.65. The molecule has 0 aromatic heterocycles. The van der Waals surface area contributed by atoms with E-state index in [1.807, 2.05) is 32.1 Å². The van der Waals surface area contributed by atoms with Crippen LogP contribution in [0.2, 0.25) is 0 Å². The number of esters is 1. The number of aliphatic hydroxyl groups excluding tert-OH is 1. The molecule has 2 heterocycles. The molecule has 6 rings (SSSR count). The third-order valence-electron chi connectivity index (χ3n) is 9.12. The van der Waals surface area contributed by atoms with E-state index < -0.39 is 29.2 Å². The number of ether oxygens (including phenoxy) is 2. The number of hydrogen-bond acceptors (Lipinski definition) is 6. The van der Waals surface area contributed by atoms with Crippen LogP contribution in [0.25, 0.3) is 0 Å². The molecule has 1 aromatic rings. The van der Waals surface area contributed by atoms with Gasteiger partial charge >= 0.3 is 5.97 Å². The third-order valence-corrected chi connectivity index (χ3v) is 9.12. The van der Waals surface area contributed by atoms with Crippen molar-refractivity contribution in [3.63, 3.8) is 0 Å². The Morgan fingerprint density at radius 3 is 2.82 bits per heavy atom. The minimum atomic E-state index is -0.955. The molecule has 2 saturated carbocycles. The van der Waals surface area contributed by atoms with E-state index in [0.717, 1.165) is 48.5 Å². The van der Waals surface area contributed by atoms with Gasteiger partial charge in [0.05, 0.1) is 17.1 Å². The maximum atomic E-state index is 12.5. The molecule has 0 unspecified atom stereocenters. The summed E-state index contributed by atoms with van der Waals surface area (Å²) in [5, 5.41) is 23.4. The number of rotatable bonds is 5. The molecular formula is C28H35NO5. The van der Waals surface area contributed by atoms with Crippen molar-refractivity contribution < 1.29 is 24.5 Å². The van der Waals surface area contributed by atoms with E-state index in [9.17, 15) is 15.0 Å². The van der Waals surface area contributed by atoms with Crippen molar-refractivity contribution in [2.75, 3.05) is 13.1 Å². The standard InChI is InChI=1S/C28H35NO5/c1-17(2)5-3-8-23(31)33-21-10-9-19-15-22-28(32)12-11-20(30)26-27(28,24(19)25(21)34-26)13-14-29(22)16-18-6-4-7-18/h3,5,8-10,18,20,22,26,30,32H,4,6-7,11-16H2,1-2H3/b8-3+/t20-,22+,26-,27-,28+/m0/s1. The molecule has 5 atom stereocenters. The number of nitrogens with zero attached hydrogens (tertiary/aromatic N) is 1. The summed E-state index contributed by atoms with van der Waals surface area (Å²) in [5.74, 6) is 1.18. The Morgan fingerprint density at radius 2 is 2.09 bits per heavy atom. The lowest BCUT2D eigenvalue weighted by molar-refractivity contribution is -0.209. The van der Waals surface area contributed by atoms with Crippen molar-refractivity contribution in [3.8, 4) is 11.5 Å². The van der Waals surface area contributed by atoms with Crippen LogP contribution in [0.4, 0.5) is 0 Å². The molecule has 3 aliphatic carbocycles. The van der Waals surface area contributed by atoms with Crippen molar-refractivity contribution in [1.82, 2.24) is 4.90 Å². The number of benzene rings is 1. The number of piperidine rings is 1. The predicted molar refractivity (Wildman–Crippen MR) is 128 cm³/mol. The first-order valence-corrected chi connectivity index (χ1v) is 12.8. The van der Waals surface area contributed by atoms with Gasteiger partial charge in [-0.2, -0.15) is 0 Å². The summed E-state index contributed by atoms with van der Waals surface area (Å²) in [4.78, 5) is 15.0. The van der Waals surface area contributed by atoms with Gasteiger partial charge in [0.25, 0.3) is 0 Å². The fraction of sp³-hybridized carbons (Fsp3) is 0.607. The van der Waals surface area contributed by atoms with Crippen LogP contribution in [0.1, 0.15) is 63.5 Å². The number of carbonyl (C=O) groups excluding carboxylic acids is 1. The Bertz CT molecular complexity index is 1070. The summed E-state index contributed by atoms with van der Waals surface area (Å²) in [5.41, 5.74) is 1.60. The molecule has 5 aliphatic rings. The smallest absolute Gasteiger partial charge is 0.336 e. The topological polar surface area (TPSA) is 79.2 Å². The highest BCUT2D eigenvalue weighted by molar-refractivity contribution is 5.85. The molecule has 0 radical (unpaired) electrons. The lowest BCUT2D eigenvalue weighted by atomic mass is 9.48. The Hall–Kier alpha value is -2.15. The molecule has 0 amide bonds. The van der Waals surface area contributed by atoms with Gasteiger partial charge in [-0.1, -0.05) is 30.2 Å². The number of aliphatic hydroxyl groups is 2. The summed E-state index contributed by atoms with van der Waals surface area (Å²) in [6.07, 6.45) is 10.2. The number of likely N-dealkylation sites (tertiary alicyclic amines) is 1. The zero-order valence-electron chi connectivity index (χ0n) is 20.1. The fourth-order valence-corrected chi connectivity index (χ4v) is 7.36. The predicted octanol–water partition coefficient (Wildman–Crippen LogP) is 3.43. The molecule has 3 fully saturated rings. The molecule has 1 aromatic carbocycles. The van der Waals surface area contributed by atoms with Crippen molar-refractivity contribution in [3.05, 3.63) is 47.1 Å². The molecule has 1 spiro atoms. The second-order valence-corrected chi connectivity index (χ2v) is 11.3. The molecule has 182 valence electrons. The van der Waals surface area contributed by atoms with E-state index >= 15 is 0 Å². The van der Waals surface area contributed by atoms with Crippen LogP contribution in [-0.4, -0.2) is 58.0 Å². The molecular weight excluding hydrogens is 430 g/mol. The number of carbonyl (C=O) groups is 1. The van der Waals surface area contributed by atoms with E-state index in [2.05, 4.69) is 4.90 Å². The van der Waals surface area contributed by atoms with E-state index in [4.69, 9.17) is 9.47 Å². The monoisotopic (exact) mass is 465 g/mol. The largest absolute Gasteiger partial charge is 0.482 e. The minimum absolute atomic E-state index is 0.0271. The van der Waals surface area contributed by atoms with Gasteiger partial charge in [-0.05, 0) is 76.5 Å². The van der Waals surface area contributed by atoms with Crippen LogP contribution in [0.5, 0.6) is 11.5 Å². The maximum absolute atomic E-state index is 12.5. The Labute approximate surface area is 201 Å². The van der Waals surface area contributed by atoms with E-state index in [1.165, 1.54) is 25.3 Å². The second-order valence-electron chi connectivity index (χ2n) is 11.3. The van der Waals surface area contributed by atoms with Crippen molar-refractivity contribution in [2.24, 2.45) is 5.92 Å². The number of hydrogen-bond donors (Lipinski definition) is 2. The third kappa shape index (κ3) is 3.08. The van der Waals surface area contributed by atoms with Gasteiger partial charge in [-0.3, -0.25) is 4.90 Å². The van der Waals surface area contributed by atoms with Gasteiger partial charge < -0.3 is 19.7 Å². The van der Waals surface area contributed by atoms with Crippen molar-refractivity contribution >= 4 is 5.97 Å². The van der Waals surface area contributed by atoms with Crippen molar-refractivity contribution in [2.45, 2.75) is 88.1 Å². The normalized spacial score (nSPS) is 35.9. The average molecular weight is 466 g/mol. The Balaban J connectivity index is 1.39. The quantitative estimate of drug-likeness (QED) is 0.300. The van der Waals surface area contributed by atoms with Crippen molar-refractivity contribution in [1.29, 1.82) is 0 Å². The SMILES string of the molecule is CC(C)=C/C=C/C(=O)Oc1ccc2c3c1O[C@H]1[C@@H](O)CC[C@@]4(O)[C@@H](C2)N(CC2CCC2)CC[C@]314. The van der Waals surface area contributed by atoms with Crippen LogP contribution in [0.3, 0.4) is 0 Å². The molecule has 2 bridgehead atoms. The first kappa shape index (κ1) is 22.3. The van der Waals surface area contributed by atoms with Crippen LogP contribution in [0.15, 0.2) is 35.9 Å². The molecule has 2 N–H and O–H groups in total. The van der Waals surface area contributed by atoms with Gasteiger partial charge in [-0.15, -0.1) is 0 Å². The zero-order chi connectivity index (χ0) is 23.7. The molecule has 1 saturated heterocycles. The van der Waals surface area contributed by atoms with E-state index in [-0.39, 0.29) is 6.04 Å². The number of allylic oxidation sites excluding steroid dienone is 3. The average Bonchev–Trinajstić information content (AvgIpc) is 3.11. The van der Waals surface area contributed by atoms with Gasteiger partial charge in [0.2, 0.25) is 0 Å². The lowest BCUT2D eigenvalue weighted by Crippen LogP contribution is -2.77. The van der Waals surface area contributed by atoms with Gasteiger partial charge in [0.15, 0.2) is 11.5 Å². The Kier molecular flexibility index (Phi) is 5.21. The van der Waals surface area contributed by atoms with E-state index in [0.29, 0.717) is 24.3 Å². The first-order valence-electron chi connectivity index (χ1n) is 12.8. The zero-order valence-corrected chi connectivity index (χ0v) is 20.1. The molecule has 34 heavy (non-hydrogen) atoms. The summed E-state index contributed by atoms with van der Waals surface area (Å²) in [6, 6.07) is 3.88. The second kappa shape index (κ2) is 7.94. The van der Waals surface area contributed by atoms with Crippen LogP contribution >= 0.6 is 0 Å². The van der Waals surface area contributed by atoms with E-state index in [1.54, 1.807) is 6.08 Å². The van der Waals surface area contributed by atoms with Crippen LogP contribution in [0, 0.1) is 5.92 Å². The fourth-order valence-electron chi connectivity index (χ4n) is 7.36. The molecule has 6 heteroatoms. The van der Waals surface area contributed by atoms with Gasteiger partial charge in [-0.25, -0.2) is 4.79 Å². The summed E-state index contributed by atoms with van der Waals surface area (Å²) in [7, 11) is 0. The Morgan fingerprint density at radius 1 is 1.26 bits per heavy atom. The summed E-state index contributed by atoms with van der Waals surface area (Å²) in [6.45, 7) is 5.87. The highest BCUT2D eigenvalue weighted by Gasteiger charge is 2.73. The van der Waals surface area contributed by atoms with Crippen LogP contribution < -0.4 is 9.47 Å².